The van der Waals surface area contributed by atoms with E-state index in [1.54, 1.807) is 12.1 Å². The highest BCUT2D eigenvalue weighted by atomic mass is 19.1. The number of nitrogens with one attached hydrogen (secondary N) is 1. The van der Waals surface area contributed by atoms with Crippen LogP contribution < -0.4 is 5.32 Å². The van der Waals surface area contributed by atoms with Crippen LogP contribution in [0.3, 0.4) is 0 Å². The Morgan fingerprint density at radius 1 is 1.25 bits per heavy atom. The highest BCUT2D eigenvalue weighted by Crippen LogP contribution is 2.26. The van der Waals surface area contributed by atoms with Crippen molar-refractivity contribution in [2.24, 2.45) is 0 Å². The molecule has 2 rings (SSSR count). The number of hydrogen-bond donors (Lipinski definition) is 1. The van der Waals surface area contributed by atoms with Gasteiger partial charge < -0.3 is 5.32 Å². The quantitative estimate of drug-likeness (QED) is 0.622. The molecule has 0 aliphatic carbocycles. The molecule has 1 aromatic carbocycles. The summed E-state index contributed by atoms with van der Waals surface area (Å²) in [6.07, 6.45) is -1.37. The molecule has 1 aromatic rings. The Morgan fingerprint density at radius 3 is 2.42 bits per heavy atom. The van der Waals surface area contributed by atoms with Crippen molar-refractivity contribution in [1.29, 1.82) is 0 Å². The first-order valence-corrected chi connectivity index (χ1v) is 3.78. The molecule has 0 unspecified atom stereocenters. The van der Waals surface area contributed by atoms with Gasteiger partial charge in [0.1, 0.15) is 0 Å². The molecule has 0 radical (unpaired) electrons. The average Bonchev–Trinajstić information content (AvgIpc) is 2.15. The van der Waals surface area contributed by atoms with Crippen LogP contribution in [-0.2, 0) is 4.79 Å². The van der Waals surface area contributed by atoms with Crippen molar-refractivity contribution >= 4 is 5.91 Å². The van der Waals surface area contributed by atoms with Crippen molar-refractivity contribution in [3.63, 3.8) is 0 Å². The fourth-order valence-corrected chi connectivity index (χ4v) is 1.27. The maximum Gasteiger partial charge on any atom is 0.257 e. The van der Waals surface area contributed by atoms with E-state index in [9.17, 15) is 9.18 Å². The third-order valence-corrected chi connectivity index (χ3v) is 2.00. The zero-order valence-corrected chi connectivity index (χ0v) is 6.33. The van der Waals surface area contributed by atoms with Crippen LogP contribution in [0.1, 0.15) is 11.6 Å². The van der Waals surface area contributed by atoms with E-state index < -0.39 is 18.1 Å². The number of β-lactam (4-membered cyclic amide) rings is 1. The molecule has 0 aromatic heterocycles. The molecule has 1 saturated heterocycles. The fourth-order valence-electron chi connectivity index (χ4n) is 1.27. The van der Waals surface area contributed by atoms with Crippen molar-refractivity contribution in [2.75, 3.05) is 0 Å². The molecule has 1 aliphatic heterocycles. The molecule has 3 heteroatoms. The Bertz CT molecular complexity index is 299. The maximum absolute atomic E-state index is 12.8. The van der Waals surface area contributed by atoms with Crippen LogP contribution in [-0.4, -0.2) is 12.1 Å². The van der Waals surface area contributed by atoms with Gasteiger partial charge in [0, 0.05) is 0 Å². The summed E-state index contributed by atoms with van der Waals surface area (Å²) in [4.78, 5) is 10.5. The van der Waals surface area contributed by atoms with Crippen LogP contribution >= 0.6 is 0 Å². The Morgan fingerprint density at radius 2 is 1.92 bits per heavy atom. The number of alkyl halides is 1. The largest absolute Gasteiger partial charge is 0.343 e. The number of carbonyl (C=O) groups is 1. The Kier molecular flexibility index (Phi) is 1.57. The minimum atomic E-state index is -1.37. The van der Waals surface area contributed by atoms with Gasteiger partial charge in [-0.15, -0.1) is 0 Å². The number of halogens is 1. The summed E-state index contributed by atoms with van der Waals surface area (Å²) in [5.41, 5.74) is 0.824. The van der Waals surface area contributed by atoms with Crippen molar-refractivity contribution in [3.05, 3.63) is 35.9 Å². The summed E-state index contributed by atoms with van der Waals surface area (Å²) in [7, 11) is 0. The lowest BCUT2D eigenvalue weighted by atomic mass is 9.95. The van der Waals surface area contributed by atoms with Crippen LogP contribution in [0.5, 0.6) is 0 Å². The normalized spacial score (nSPS) is 27.6. The monoisotopic (exact) mass is 165 g/mol. The Balaban J connectivity index is 2.18. The molecule has 2 nitrogen and oxygen atoms in total. The zero-order valence-electron chi connectivity index (χ0n) is 6.33. The highest BCUT2D eigenvalue weighted by molar-refractivity contribution is 5.88. The first kappa shape index (κ1) is 7.28. The third-order valence-electron chi connectivity index (χ3n) is 2.00. The molecule has 1 fully saturated rings. The number of benzene rings is 1. The van der Waals surface area contributed by atoms with Crippen LogP contribution in [0, 0.1) is 0 Å². The molecule has 2 atom stereocenters. The van der Waals surface area contributed by atoms with E-state index in [2.05, 4.69) is 5.32 Å². The lowest BCUT2D eigenvalue weighted by Gasteiger charge is -2.31. The average molecular weight is 165 g/mol. The van der Waals surface area contributed by atoms with Crippen molar-refractivity contribution in [1.82, 2.24) is 5.32 Å². The van der Waals surface area contributed by atoms with E-state index in [-0.39, 0.29) is 0 Å². The molecular formula is C9H8FNO. The van der Waals surface area contributed by atoms with E-state index >= 15 is 0 Å². The van der Waals surface area contributed by atoms with E-state index in [1.807, 2.05) is 18.2 Å². The highest BCUT2D eigenvalue weighted by Gasteiger charge is 2.40. The lowest BCUT2D eigenvalue weighted by molar-refractivity contribution is -0.136. The predicted octanol–water partition coefficient (Wildman–Crippen LogP) is 1.20. The Labute approximate surface area is 69.4 Å². The molecule has 62 valence electrons. The molecule has 1 amide bonds. The van der Waals surface area contributed by atoms with Gasteiger partial charge in [0.05, 0.1) is 6.04 Å². The second kappa shape index (κ2) is 2.59. The van der Waals surface area contributed by atoms with Gasteiger partial charge in [-0.25, -0.2) is 4.39 Å². The zero-order chi connectivity index (χ0) is 8.55. The standard InChI is InChI=1S/C9H8FNO/c10-7-8(11-9(7)12)6-4-2-1-3-5-6/h1-5,7-8H,(H,11,12)/t7-,8-/m0/s1. The van der Waals surface area contributed by atoms with Crippen LogP contribution in [0.25, 0.3) is 0 Å². The van der Waals surface area contributed by atoms with Gasteiger partial charge in [0.15, 0.2) is 0 Å². The fraction of sp³-hybridized carbons (Fsp3) is 0.222. The molecule has 1 N–H and O–H groups in total. The van der Waals surface area contributed by atoms with Gasteiger partial charge in [-0.05, 0) is 5.56 Å². The minimum absolute atomic E-state index is 0.432. The summed E-state index contributed by atoms with van der Waals surface area (Å²) < 4.78 is 12.8. The summed E-state index contributed by atoms with van der Waals surface area (Å²) in [5.74, 6) is -0.510. The summed E-state index contributed by atoms with van der Waals surface area (Å²) in [5, 5.41) is 2.49. The summed E-state index contributed by atoms with van der Waals surface area (Å²) in [6, 6.07) is 8.68. The molecular weight excluding hydrogens is 157 g/mol. The number of hydrogen-bond acceptors (Lipinski definition) is 1. The van der Waals surface area contributed by atoms with Crippen LogP contribution in [0.2, 0.25) is 0 Å². The van der Waals surface area contributed by atoms with Crippen molar-refractivity contribution < 1.29 is 9.18 Å². The first-order valence-electron chi connectivity index (χ1n) is 3.78. The molecule has 0 saturated carbocycles. The van der Waals surface area contributed by atoms with Crippen molar-refractivity contribution in [2.45, 2.75) is 12.2 Å². The van der Waals surface area contributed by atoms with E-state index in [0.29, 0.717) is 0 Å². The topological polar surface area (TPSA) is 29.1 Å². The molecule has 0 bridgehead atoms. The first-order chi connectivity index (χ1) is 5.79. The summed E-state index contributed by atoms with van der Waals surface area (Å²) >= 11 is 0. The number of carbonyl (C=O) groups excluding carboxylic acids is 1. The minimum Gasteiger partial charge on any atom is -0.343 e. The van der Waals surface area contributed by atoms with E-state index in [4.69, 9.17) is 0 Å². The van der Waals surface area contributed by atoms with E-state index in [1.165, 1.54) is 0 Å². The second-order valence-electron chi connectivity index (χ2n) is 2.80. The van der Waals surface area contributed by atoms with Gasteiger partial charge in [-0.1, -0.05) is 30.3 Å². The summed E-state index contributed by atoms with van der Waals surface area (Å²) in [6.45, 7) is 0. The Hall–Kier alpha value is -1.38. The predicted molar refractivity (Wildman–Crippen MR) is 42.2 cm³/mol. The maximum atomic E-state index is 12.8. The molecule has 1 aliphatic rings. The van der Waals surface area contributed by atoms with Crippen molar-refractivity contribution in [3.8, 4) is 0 Å². The van der Waals surface area contributed by atoms with Gasteiger partial charge >= 0.3 is 0 Å². The van der Waals surface area contributed by atoms with Gasteiger partial charge in [0.2, 0.25) is 6.17 Å². The van der Waals surface area contributed by atoms with Gasteiger partial charge in [-0.2, -0.15) is 0 Å². The second-order valence-corrected chi connectivity index (χ2v) is 2.80. The molecule has 0 spiro atoms. The van der Waals surface area contributed by atoms with Crippen LogP contribution in [0.4, 0.5) is 4.39 Å². The SMILES string of the molecule is O=C1N[C@@H](c2ccccc2)[C@@H]1F. The van der Waals surface area contributed by atoms with E-state index in [0.717, 1.165) is 5.56 Å². The smallest absolute Gasteiger partial charge is 0.257 e. The van der Waals surface area contributed by atoms with Crippen LogP contribution in [0.15, 0.2) is 30.3 Å². The van der Waals surface area contributed by atoms with Gasteiger partial charge in [-0.3, -0.25) is 4.79 Å². The number of rotatable bonds is 1. The molecule has 1 heterocycles. The number of amides is 1. The lowest BCUT2D eigenvalue weighted by Crippen LogP contribution is -2.53. The van der Waals surface area contributed by atoms with Gasteiger partial charge in [0.25, 0.3) is 5.91 Å². The third kappa shape index (κ3) is 0.978. The molecule has 12 heavy (non-hydrogen) atoms.